The Hall–Kier alpha value is -1.40. The average molecular weight is 192 g/mol. The third kappa shape index (κ3) is 3.15. The van der Waals surface area contributed by atoms with E-state index in [1.54, 1.807) is 13.0 Å². The standard InChI is InChI=1S/C11H13FN2/c1-9-11(12)7-6-10(14-9)5-3-4-8-13-2/h6-7,13H,4,8H2,1-2H3. The summed E-state index contributed by atoms with van der Waals surface area (Å²) in [6, 6.07) is 2.99. The lowest BCUT2D eigenvalue weighted by atomic mass is 10.3. The fourth-order valence-corrected chi connectivity index (χ4v) is 0.954. The predicted octanol–water partition coefficient (Wildman–Crippen LogP) is 1.49. The molecule has 0 aliphatic carbocycles. The smallest absolute Gasteiger partial charge is 0.144 e. The maximum atomic E-state index is 12.8. The van der Waals surface area contributed by atoms with Crippen molar-refractivity contribution in [2.24, 2.45) is 0 Å². The average Bonchev–Trinajstić information content (AvgIpc) is 2.18. The molecule has 0 bridgehead atoms. The van der Waals surface area contributed by atoms with Gasteiger partial charge in [-0.05, 0) is 32.0 Å². The summed E-state index contributed by atoms with van der Waals surface area (Å²) in [5.74, 6) is 5.55. The molecule has 0 aromatic carbocycles. The summed E-state index contributed by atoms with van der Waals surface area (Å²) in [4.78, 5) is 4.00. The molecule has 0 unspecified atom stereocenters. The van der Waals surface area contributed by atoms with Crippen molar-refractivity contribution in [3.05, 3.63) is 29.3 Å². The Bertz CT molecular complexity index is 363. The highest BCUT2D eigenvalue weighted by Crippen LogP contribution is 2.02. The van der Waals surface area contributed by atoms with Crippen LogP contribution in [0.3, 0.4) is 0 Å². The van der Waals surface area contributed by atoms with Gasteiger partial charge in [0, 0.05) is 13.0 Å². The third-order valence-corrected chi connectivity index (χ3v) is 1.74. The van der Waals surface area contributed by atoms with E-state index in [4.69, 9.17) is 0 Å². The van der Waals surface area contributed by atoms with Crippen LogP contribution in [0.1, 0.15) is 17.8 Å². The number of rotatable bonds is 2. The molecule has 0 radical (unpaired) electrons. The Kier molecular flexibility index (Phi) is 4.09. The van der Waals surface area contributed by atoms with E-state index < -0.39 is 0 Å². The fraction of sp³-hybridized carbons (Fsp3) is 0.364. The van der Waals surface area contributed by atoms with Gasteiger partial charge < -0.3 is 5.32 Å². The van der Waals surface area contributed by atoms with Crippen LogP contribution in [0.2, 0.25) is 0 Å². The van der Waals surface area contributed by atoms with Crippen LogP contribution >= 0.6 is 0 Å². The highest BCUT2D eigenvalue weighted by Gasteiger charge is 1.97. The monoisotopic (exact) mass is 192 g/mol. The molecule has 1 rings (SSSR count). The van der Waals surface area contributed by atoms with E-state index in [1.807, 2.05) is 7.05 Å². The van der Waals surface area contributed by atoms with Crippen molar-refractivity contribution in [2.75, 3.05) is 13.6 Å². The highest BCUT2D eigenvalue weighted by molar-refractivity contribution is 5.28. The summed E-state index contributed by atoms with van der Waals surface area (Å²) < 4.78 is 12.8. The number of nitrogens with zero attached hydrogens (tertiary/aromatic N) is 1. The van der Waals surface area contributed by atoms with E-state index in [0.29, 0.717) is 11.4 Å². The Morgan fingerprint density at radius 1 is 1.50 bits per heavy atom. The van der Waals surface area contributed by atoms with E-state index in [2.05, 4.69) is 22.1 Å². The summed E-state index contributed by atoms with van der Waals surface area (Å²) in [5, 5.41) is 2.99. The molecule has 1 aromatic rings. The number of aromatic nitrogens is 1. The Labute approximate surface area is 83.6 Å². The first-order valence-electron chi connectivity index (χ1n) is 4.50. The fourth-order valence-electron chi connectivity index (χ4n) is 0.954. The Balaban J connectivity index is 2.66. The molecule has 0 saturated heterocycles. The zero-order valence-electron chi connectivity index (χ0n) is 8.39. The van der Waals surface area contributed by atoms with Crippen LogP contribution < -0.4 is 5.32 Å². The van der Waals surface area contributed by atoms with Crippen LogP contribution in [0.15, 0.2) is 12.1 Å². The molecule has 3 heteroatoms. The van der Waals surface area contributed by atoms with Gasteiger partial charge >= 0.3 is 0 Å². The molecule has 1 aromatic heterocycles. The molecule has 0 atom stereocenters. The van der Waals surface area contributed by atoms with Crippen molar-refractivity contribution < 1.29 is 4.39 Å². The lowest BCUT2D eigenvalue weighted by Gasteiger charge is -1.94. The number of nitrogens with one attached hydrogen (secondary N) is 1. The van der Waals surface area contributed by atoms with Gasteiger partial charge in [0.1, 0.15) is 11.5 Å². The van der Waals surface area contributed by atoms with Crippen LogP contribution in [0.4, 0.5) is 4.39 Å². The molecule has 0 aliphatic rings. The summed E-state index contributed by atoms with van der Waals surface area (Å²) in [6.07, 6.45) is 0.772. The van der Waals surface area contributed by atoms with Gasteiger partial charge in [0.15, 0.2) is 0 Å². The van der Waals surface area contributed by atoms with Crippen LogP contribution in [0, 0.1) is 24.6 Å². The van der Waals surface area contributed by atoms with E-state index >= 15 is 0 Å². The normalized spacial score (nSPS) is 9.36. The van der Waals surface area contributed by atoms with Crippen molar-refractivity contribution >= 4 is 0 Å². The molecule has 14 heavy (non-hydrogen) atoms. The van der Waals surface area contributed by atoms with E-state index in [0.717, 1.165) is 13.0 Å². The van der Waals surface area contributed by atoms with Crippen LogP contribution in [0.5, 0.6) is 0 Å². The van der Waals surface area contributed by atoms with Crippen LogP contribution in [0.25, 0.3) is 0 Å². The molecule has 74 valence electrons. The second kappa shape index (κ2) is 5.36. The lowest BCUT2D eigenvalue weighted by molar-refractivity contribution is 0.609. The van der Waals surface area contributed by atoms with Gasteiger partial charge in [0.05, 0.1) is 5.69 Å². The summed E-state index contributed by atoms with van der Waals surface area (Å²) in [6.45, 7) is 2.49. The number of aryl methyl sites for hydroxylation is 1. The van der Waals surface area contributed by atoms with Crippen molar-refractivity contribution in [3.63, 3.8) is 0 Å². The maximum absolute atomic E-state index is 12.8. The second-order valence-corrected chi connectivity index (χ2v) is 2.92. The zero-order valence-corrected chi connectivity index (χ0v) is 8.39. The molecule has 0 saturated carbocycles. The van der Waals surface area contributed by atoms with Crippen molar-refractivity contribution in [1.29, 1.82) is 0 Å². The van der Waals surface area contributed by atoms with Crippen LogP contribution in [-0.4, -0.2) is 18.6 Å². The van der Waals surface area contributed by atoms with Crippen molar-refractivity contribution in [2.45, 2.75) is 13.3 Å². The molecule has 1 heterocycles. The first-order chi connectivity index (χ1) is 6.74. The summed E-state index contributed by atoms with van der Waals surface area (Å²) >= 11 is 0. The van der Waals surface area contributed by atoms with Gasteiger partial charge in [-0.1, -0.05) is 5.92 Å². The molecule has 0 fully saturated rings. The predicted molar refractivity (Wildman–Crippen MR) is 54.4 cm³/mol. The van der Waals surface area contributed by atoms with Gasteiger partial charge in [-0.25, -0.2) is 9.37 Å². The molecular formula is C11H13FN2. The lowest BCUT2D eigenvalue weighted by Crippen LogP contribution is -2.05. The van der Waals surface area contributed by atoms with Gasteiger partial charge in [0.2, 0.25) is 0 Å². The molecular weight excluding hydrogens is 179 g/mol. The van der Waals surface area contributed by atoms with Crippen molar-refractivity contribution in [1.82, 2.24) is 10.3 Å². The molecule has 0 spiro atoms. The van der Waals surface area contributed by atoms with E-state index in [1.165, 1.54) is 6.07 Å². The minimum Gasteiger partial charge on any atom is -0.319 e. The van der Waals surface area contributed by atoms with Gasteiger partial charge in [0.25, 0.3) is 0 Å². The number of hydrogen-bond donors (Lipinski definition) is 1. The van der Waals surface area contributed by atoms with Crippen molar-refractivity contribution in [3.8, 4) is 11.8 Å². The van der Waals surface area contributed by atoms with E-state index in [9.17, 15) is 4.39 Å². The minimum atomic E-state index is -0.286. The van der Waals surface area contributed by atoms with E-state index in [-0.39, 0.29) is 5.82 Å². The second-order valence-electron chi connectivity index (χ2n) is 2.92. The summed E-state index contributed by atoms with van der Waals surface area (Å²) in [5.41, 5.74) is 1.02. The first kappa shape index (κ1) is 10.7. The Morgan fingerprint density at radius 2 is 2.29 bits per heavy atom. The number of halogens is 1. The largest absolute Gasteiger partial charge is 0.319 e. The number of pyridine rings is 1. The number of hydrogen-bond acceptors (Lipinski definition) is 2. The van der Waals surface area contributed by atoms with Gasteiger partial charge in [-0.3, -0.25) is 0 Å². The zero-order chi connectivity index (χ0) is 10.4. The van der Waals surface area contributed by atoms with Crippen LogP contribution in [-0.2, 0) is 0 Å². The molecule has 0 aliphatic heterocycles. The van der Waals surface area contributed by atoms with Gasteiger partial charge in [-0.2, -0.15) is 0 Å². The minimum absolute atomic E-state index is 0.286. The summed E-state index contributed by atoms with van der Waals surface area (Å²) in [7, 11) is 1.88. The Morgan fingerprint density at radius 3 is 2.93 bits per heavy atom. The van der Waals surface area contributed by atoms with Gasteiger partial charge in [-0.15, -0.1) is 0 Å². The quantitative estimate of drug-likeness (QED) is 0.567. The maximum Gasteiger partial charge on any atom is 0.144 e. The molecule has 0 amide bonds. The molecule has 2 nitrogen and oxygen atoms in total. The topological polar surface area (TPSA) is 24.9 Å². The highest BCUT2D eigenvalue weighted by atomic mass is 19.1. The third-order valence-electron chi connectivity index (χ3n) is 1.74. The first-order valence-corrected chi connectivity index (χ1v) is 4.50. The molecule has 1 N–H and O–H groups in total. The SMILES string of the molecule is CNCCC#Cc1ccc(F)c(C)n1.